The van der Waals surface area contributed by atoms with Crippen LogP contribution in [0.2, 0.25) is 5.02 Å². The summed E-state index contributed by atoms with van der Waals surface area (Å²) in [6.07, 6.45) is -2.57. The summed E-state index contributed by atoms with van der Waals surface area (Å²) in [7, 11) is -2.78. The molecule has 0 aliphatic heterocycles. The molecule has 186 valence electrons. The van der Waals surface area contributed by atoms with Gasteiger partial charge in [0.2, 0.25) is 10.0 Å². The van der Waals surface area contributed by atoms with Crippen molar-refractivity contribution in [1.29, 1.82) is 0 Å². The number of hydrogen-bond donors (Lipinski definition) is 3. The molecule has 0 saturated carbocycles. The fraction of sp³-hybridized carbons (Fsp3) is 0.174. The summed E-state index contributed by atoms with van der Waals surface area (Å²) >= 11 is 6.18. The van der Waals surface area contributed by atoms with Gasteiger partial charge < -0.3 is 15.4 Å². The third kappa shape index (κ3) is 6.73. The summed E-state index contributed by atoms with van der Waals surface area (Å²) in [4.78, 5) is 12.6. The van der Waals surface area contributed by atoms with E-state index in [0.29, 0.717) is 16.7 Å². The molecule has 0 unspecified atom stereocenters. The van der Waals surface area contributed by atoms with Crippen LogP contribution < -0.4 is 20.5 Å². The van der Waals surface area contributed by atoms with Gasteiger partial charge in [-0.25, -0.2) is 26.7 Å². The van der Waals surface area contributed by atoms with E-state index in [1.165, 1.54) is 49.6 Å². The Morgan fingerprint density at radius 1 is 1.09 bits per heavy atom. The van der Waals surface area contributed by atoms with E-state index >= 15 is 0 Å². The van der Waals surface area contributed by atoms with E-state index in [1.807, 2.05) is 0 Å². The van der Waals surface area contributed by atoms with E-state index in [2.05, 4.69) is 10.6 Å². The van der Waals surface area contributed by atoms with E-state index in [1.54, 1.807) is 6.07 Å². The molecule has 1 amide bonds. The van der Waals surface area contributed by atoms with Gasteiger partial charge in [0.25, 0.3) is 12.3 Å². The normalized spacial score (nSPS) is 11.5. The summed E-state index contributed by atoms with van der Waals surface area (Å²) in [6.45, 7) is -0.575. The Kier molecular flexibility index (Phi) is 8.39. The number of nitrogens with two attached hydrogens (primary N) is 1. The molecule has 0 aliphatic rings. The van der Waals surface area contributed by atoms with E-state index < -0.39 is 34.7 Å². The number of amides is 1. The molecule has 4 N–H and O–H groups in total. The molecule has 12 heteroatoms. The molecule has 0 atom stereocenters. The van der Waals surface area contributed by atoms with Gasteiger partial charge in [-0.3, -0.25) is 4.79 Å². The minimum absolute atomic E-state index is 0.00855. The number of ether oxygens (including phenoxy) is 1. The second-order valence-corrected chi connectivity index (χ2v) is 9.32. The number of hydrogen-bond acceptors (Lipinski definition) is 5. The van der Waals surface area contributed by atoms with Gasteiger partial charge in [-0.2, -0.15) is 0 Å². The second-order valence-electron chi connectivity index (χ2n) is 7.38. The van der Waals surface area contributed by atoms with E-state index in [-0.39, 0.29) is 33.5 Å². The lowest BCUT2D eigenvalue weighted by Gasteiger charge is -2.15. The average Bonchev–Trinajstić information content (AvgIpc) is 2.78. The molecule has 3 rings (SSSR count). The molecule has 3 aromatic rings. The third-order valence-electron chi connectivity index (χ3n) is 4.93. The lowest BCUT2D eigenvalue weighted by Crippen LogP contribution is -2.21. The Bertz CT molecular complexity index is 1350. The molecule has 0 fully saturated rings. The number of nitrogens with one attached hydrogen (secondary N) is 2. The maximum atomic E-state index is 13.5. The highest BCUT2D eigenvalue weighted by Gasteiger charge is 2.18. The number of halogens is 4. The fourth-order valence-electron chi connectivity index (χ4n) is 3.35. The highest BCUT2D eigenvalue weighted by molar-refractivity contribution is 7.89. The molecule has 0 bridgehead atoms. The van der Waals surface area contributed by atoms with Crippen LogP contribution in [0.5, 0.6) is 5.75 Å². The lowest BCUT2D eigenvalue weighted by molar-refractivity contribution is 0.102. The molecule has 0 aliphatic carbocycles. The minimum atomic E-state index is -4.03. The average molecular weight is 528 g/mol. The maximum absolute atomic E-state index is 13.5. The third-order valence-corrected chi connectivity index (χ3v) is 6.19. The number of carbonyl (C=O) groups excluding carboxylic acids is 1. The van der Waals surface area contributed by atoms with Crippen LogP contribution in [0.15, 0.2) is 59.5 Å². The molecular weight excluding hydrogens is 507 g/mol. The Hall–Kier alpha value is -3.12. The Morgan fingerprint density at radius 2 is 1.80 bits per heavy atom. The van der Waals surface area contributed by atoms with Crippen molar-refractivity contribution < 1.29 is 31.1 Å². The number of sulfonamides is 1. The van der Waals surface area contributed by atoms with Crippen LogP contribution in [0, 0.1) is 5.82 Å². The standard InChI is InChI=1S/C23H21ClF3N3O4S/c1-34-20-10-16(4-7-21(20)35(28,32)33)30-23(31)13-2-5-17(14(8-13)11-29-12-22(26)27)18-6-3-15(25)9-19(18)24/h2-10,22,29H,11-12H2,1H3,(H,30,31)(H2,28,32,33). The summed E-state index contributed by atoms with van der Waals surface area (Å²) < 4.78 is 67.1. The monoisotopic (exact) mass is 527 g/mol. The largest absolute Gasteiger partial charge is 0.495 e. The molecule has 35 heavy (non-hydrogen) atoms. The highest BCUT2D eigenvalue weighted by atomic mass is 35.5. The number of primary sulfonamides is 1. The van der Waals surface area contributed by atoms with Gasteiger partial charge in [-0.15, -0.1) is 0 Å². The molecule has 3 aromatic carbocycles. The van der Waals surface area contributed by atoms with Gasteiger partial charge >= 0.3 is 0 Å². The minimum Gasteiger partial charge on any atom is -0.495 e. The Labute approximate surface area is 205 Å². The summed E-state index contributed by atoms with van der Waals surface area (Å²) in [5, 5.41) is 10.5. The van der Waals surface area contributed by atoms with Crippen LogP contribution in [0.4, 0.5) is 18.9 Å². The molecule has 0 radical (unpaired) electrons. The number of carbonyl (C=O) groups is 1. The fourth-order valence-corrected chi connectivity index (χ4v) is 4.30. The van der Waals surface area contributed by atoms with Crippen molar-refractivity contribution >= 4 is 33.2 Å². The van der Waals surface area contributed by atoms with Gasteiger partial charge in [0.15, 0.2) is 0 Å². The van der Waals surface area contributed by atoms with Crippen molar-refractivity contribution in [3.63, 3.8) is 0 Å². The molecule has 0 aromatic heterocycles. The zero-order chi connectivity index (χ0) is 25.8. The maximum Gasteiger partial charge on any atom is 0.255 e. The van der Waals surface area contributed by atoms with Crippen LogP contribution in [-0.4, -0.2) is 34.4 Å². The van der Waals surface area contributed by atoms with E-state index in [9.17, 15) is 26.4 Å². The van der Waals surface area contributed by atoms with Gasteiger partial charge in [-0.05, 0) is 53.6 Å². The highest BCUT2D eigenvalue weighted by Crippen LogP contribution is 2.32. The zero-order valence-electron chi connectivity index (χ0n) is 18.3. The van der Waals surface area contributed by atoms with Crippen molar-refractivity contribution in [2.45, 2.75) is 17.9 Å². The predicted octanol–water partition coefficient (Wildman–Crippen LogP) is 4.41. The van der Waals surface area contributed by atoms with Crippen molar-refractivity contribution in [3.8, 4) is 16.9 Å². The summed E-state index contributed by atoms with van der Waals surface area (Å²) in [5.74, 6) is -1.14. The first-order chi connectivity index (χ1) is 16.5. The van der Waals surface area contributed by atoms with Crippen LogP contribution in [0.25, 0.3) is 11.1 Å². The van der Waals surface area contributed by atoms with Gasteiger partial charge in [0.05, 0.1) is 18.7 Å². The SMILES string of the molecule is COc1cc(NC(=O)c2ccc(-c3ccc(F)cc3Cl)c(CNCC(F)F)c2)ccc1S(N)(=O)=O. The number of benzene rings is 3. The molecule has 0 saturated heterocycles. The first-order valence-corrected chi connectivity index (χ1v) is 12.0. The second kappa shape index (κ2) is 11.1. The first-order valence-electron chi connectivity index (χ1n) is 10.1. The number of alkyl halides is 2. The predicted molar refractivity (Wildman–Crippen MR) is 127 cm³/mol. The lowest BCUT2D eigenvalue weighted by atomic mass is 9.97. The van der Waals surface area contributed by atoms with Crippen LogP contribution in [0.3, 0.4) is 0 Å². The number of rotatable bonds is 9. The molecular formula is C23H21ClF3N3O4S. The van der Waals surface area contributed by atoms with Crippen LogP contribution in [-0.2, 0) is 16.6 Å². The number of methoxy groups -OCH3 is 1. The van der Waals surface area contributed by atoms with Crippen molar-refractivity contribution in [2.75, 3.05) is 19.0 Å². The van der Waals surface area contributed by atoms with Crippen LogP contribution in [0.1, 0.15) is 15.9 Å². The Morgan fingerprint density at radius 3 is 2.43 bits per heavy atom. The first kappa shape index (κ1) is 26.5. The quantitative estimate of drug-likeness (QED) is 0.382. The zero-order valence-corrected chi connectivity index (χ0v) is 19.9. The van der Waals surface area contributed by atoms with Gasteiger partial charge in [0, 0.05) is 29.4 Å². The molecule has 0 spiro atoms. The van der Waals surface area contributed by atoms with Gasteiger partial charge in [-0.1, -0.05) is 17.7 Å². The van der Waals surface area contributed by atoms with Gasteiger partial charge in [0.1, 0.15) is 16.5 Å². The topological polar surface area (TPSA) is 111 Å². The Balaban J connectivity index is 1.93. The van der Waals surface area contributed by atoms with Crippen molar-refractivity contribution in [2.24, 2.45) is 5.14 Å². The van der Waals surface area contributed by atoms with Crippen molar-refractivity contribution in [1.82, 2.24) is 5.32 Å². The summed E-state index contributed by atoms with van der Waals surface area (Å²) in [5.41, 5.74) is 1.91. The smallest absolute Gasteiger partial charge is 0.255 e. The molecule has 7 nitrogen and oxygen atoms in total. The summed E-state index contributed by atoms with van der Waals surface area (Å²) in [6, 6.07) is 12.2. The van der Waals surface area contributed by atoms with E-state index in [4.69, 9.17) is 21.5 Å². The number of anilines is 1. The molecule has 0 heterocycles. The van der Waals surface area contributed by atoms with E-state index in [0.717, 1.165) is 6.07 Å². The van der Waals surface area contributed by atoms with Crippen LogP contribution >= 0.6 is 11.6 Å². The van der Waals surface area contributed by atoms with Crippen molar-refractivity contribution in [3.05, 3.63) is 76.6 Å².